The second kappa shape index (κ2) is 11.1. The summed E-state index contributed by atoms with van der Waals surface area (Å²) in [6, 6.07) is 14.5. The smallest absolute Gasteiger partial charge is 0.338 e. The molecule has 0 radical (unpaired) electrons. The fourth-order valence-electron chi connectivity index (χ4n) is 4.18. The number of rotatable bonds is 7. The molecule has 1 aliphatic heterocycles. The molecule has 10 heteroatoms. The molecule has 1 atom stereocenters. The van der Waals surface area contributed by atoms with Crippen LogP contribution in [0.1, 0.15) is 35.9 Å². The van der Waals surface area contributed by atoms with E-state index < -0.39 is 12.0 Å². The molecule has 194 valence electrons. The number of thiazole rings is 1. The van der Waals surface area contributed by atoms with Crippen LogP contribution in [0.4, 0.5) is 4.39 Å². The number of esters is 1. The number of thiophene rings is 1. The van der Waals surface area contributed by atoms with E-state index >= 15 is 0 Å². The van der Waals surface area contributed by atoms with Gasteiger partial charge in [0.25, 0.3) is 5.56 Å². The van der Waals surface area contributed by atoms with Gasteiger partial charge in [0.15, 0.2) is 4.80 Å². The van der Waals surface area contributed by atoms with E-state index in [1.54, 1.807) is 56.3 Å². The van der Waals surface area contributed by atoms with Crippen molar-refractivity contribution in [2.45, 2.75) is 26.5 Å². The van der Waals surface area contributed by atoms with E-state index in [2.05, 4.69) is 4.99 Å². The van der Waals surface area contributed by atoms with Crippen LogP contribution in [0, 0.1) is 5.82 Å². The lowest BCUT2D eigenvalue weighted by Gasteiger charge is -2.23. The van der Waals surface area contributed by atoms with Gasteiger partial charge in [-0.1, -0.05) is 47.2 Å². The predicted molar refractivity (Wildman–Crippen MR) is 147 cm³/mol. The summed E-state index contributed by atoms with van der Waals surface area (Å²) in [5, 5.41) is 2.35. The third-order valence-electron chi connectivity index (χ3n) is 5.93. The van der Waals surface area contributed by atoms with Gasteiger partial charge in [0, 0.05) is 21.0 Å². The monoisotopic (exact) mass is 568 g/mol. The Balaban J connectivity index is 1.60. The van der Waals surface area contributed by atoms with Crippen molar-refractivity contribution in [3.05, 3.63) is 118 Å². The molecule has 0 saturated heterocycles. The number of ether oxygens (including phenoxy) is 2. The summed E-state index contributed by atoms with van der Waals surface area (Å²) in [4.78, 5) is 32.6. The molecule has 4 aromatic rings. The summed E-state index contributed by atoms with van der Waals surface area (Å²) in [6.07, 6.45) is 1.68. The van der Waals surface area contributed by atoms with Crippen LogP contribution in [-0.2, 0) is 16.1 Å². The maximum atomic E-state index is 14.1. The van der Waals surface area contributed by atoms with Crippen molar-refractivity contribution in [1.29, 1.82) is 0 Å². The number of aromatic nitrogens is 1. The standard InChI is InChI=1S/C28H22ClFN2O4S2/c1-3-35-27(34)24-16(2)31-28-32(25(24)22-9-6-12-37-22)26(33)23(38-28)14-18-13-19(29)10-11-21(18)36-15-17-7-4-5-8-20(17)30/h4-14,25H,3,15H2,1-2H3/b23-14-/t25-/m1/s1. The molecule has 0 aliphatic carbocycles. The Labute approximate surface area is 230 Å². The second-order valence-electron chi connectivity index (χ2n) is 8.38. The topological polar surface area (TPSA) is 69.9 Å². The lowest BCUT2D eigenvalue weighted by Crippen LogP contribution is -2.39. The third-order valence-corrected chi connectivity index (χ3v) is 8.07. The highest BCUT2D eigenvalue weighted by molar-refractivity contribution is 7.10. The number of carbonyl (C=O) groups excluding carboxylic acids is 1. The van der Waals surface area contributed by atoms with Gasteiger partial charge in [-0.2, -0.15) is 0 Å². The van der Waals surface area contributed by atoms with Crippen molar-refractivity contribution in [1.82, 2.24) is 4.57 Å². The lowest BCUT2D eigenvalue weighted by atomic mass is 10.0. The maximum Gasteiger partial charge on any atom is 0.338 e. The number of fused-ring (bicyclic) bond motifs is 1. The van der Waals surface area contributed by atoms with Crippen LogP contribution >= 0.6 is 34.3 Å². The summed E-state index contributed by atoms with van der Waals surface area (Å²) in [6.45, 7) is 3.70. The number of nitrogens with zero attached hydrogens (tertiary/aromatic N) is 2. The quantitative estimate of drug-likeness (QED) is 0.286. The fourth-order valence-corrected chi connectivity index (χ4v) is 6.22. The van der Waals surface area contributed by atoms with Gasteiger partial charge in [-0.25, -0.2) is 14.2 Å². The van der Waals surface area contributed by atoms with Crippen LogP contribution in [0.5, 0.6) is 5.75 Å². The molecule has 0 bridgehead atoms. The molecule has 6 nitrogen and oxygen atoms in total. The fraction of sp³-hybridized carbons (Fsp3) is 0.179. The van der Waals surface area contributed by atoms with E-state index in [0.29, 0.717) is 42.5 Å². The Hall–Kier alpha value is -3.53. The van der Waals surface area contributed by atoms with Gasteiger partial charge in [-0.15, -0.1) is 11.3 Å². The van der Waals surface area contributed by atoms with Crippen LogP contribution in [0.25, 0.3) is 6.08 Å². The Morgan fingerprint density at radius 3 is 2.76 bits per heavy atom. The zero-order chi connectivity index (χ0) is 26.8. The molecule has 0 fully saturated rings. The van der Waals surface area contributed by atoms with Gasteiger partial charge in [-0.3, -0.25) is 9.36 Å². The molecule has 2 aromatic heterocycles. The van der Waals surface area contributed by atoms with Crippen LogP contribution < -0.4 is 19.6 Å². The largest absolute Gasteiger partial charge is 0.488 e. The Kier molecular flexibility index (Phi) is 7.60. The van der Waals surface area contributed by atoms with Crippen LogP contribution in [0.15, 0.2) is 81.0 Å². The second-order valence-corrected chi connectivity index (χ2v) is 10.8. The number of hydrogen-bond donors (Lipinski definition) is 0. The predicted octanol–water partition coefficient (Wildman–Crippen LogP) is 5.23. The van der Waals surface area contributed by atoms with E-state index in [9.17, 15) is 14.0 Å². The minimum Gasteiger partial charge on any atom is -0.488 e. The van der Waals surface area contributed by atoms with E-state index in [1.807, 2.05) is 17.5 Å². The molecule has 0 amide bonds. The Morgan fingerprint density at radius 1 is 1.21 bits per heavy atom. The van der Waals surface area contributed by atoms with E-state index in [-0.39, 0.29) is 24.6 Å². The Bertz CT molecular complexity index is 1720. The molecule has 3 heterocycles. The molecule has 5 rings (SSSR count). The van der Waals surface area contributed by atoms with Crippen molar-refractivity contribution >= 4 is 46.3 Å². The van der Waals surface area contributed by atoms with Crippen molar-refractivity contribution in [3.8, 4) is 5.75 Å². The molecule has 0 saturated carbocycles. The van der Waals surface area contributed by atoms with Gasteiger partial charge in [0.1, 0.15) is 24.2 Å². The molecule has 2 aromatic carbocycles. The summed E-state index contributed by atoms with van der Waals surface area (Å²) >= 11 is 8.93. The van der Waals surface area contributed by atoms with Crippen molar-refractivity contribution in [2.24, 2.45) is 4.99 Å². The first-order chi connectivity index (χ1) is 18.4. The average Bonchev–Trinajstić information content (AvgIpc) is 3.52. The molecular formula is C28H22ClFN2O4S2. The molecular weight excluding hydrogens is 547 g/mol. The highest BCUT2D eigenvalue weighted by Crippen LogP contribution is 2.33. The van der Waals surface area contributed by atoms with Crippen molar-refractivity contribution in [2.75, 3.05) is 6.61 Å². The van der Waals surface area contributed by atoms with Crippen molar-refractivity contribution < 1.29 is 18.7 Å². The highest BCUT2D eigenvalue weighted by Gasteiger charge is 2.33. The molecule has 0 unspecified atom stereocenters. The summed E-state index contributed by atoms with van der Waals surface area (Å²) < 4.78 is 27.3. The molecule has 1 aliphatic rings. The van der Waals surface area contributed by atoms with Crippen LogP contribution in [0.3, 0.4) is 0 Å². The normalized spacial score (nSPS) is 15.3. The molecule has 0 N–H and O–H groups in total. The minimum absolute atomic E-state index is 0.0108. The van der Waals surface area contributed by atoms with Gasteiger partial charge < -0.3 is 9.47 Å². The first-order valence-electron chi connectivity index (χ1n) is 11.8. The van der Waals surface area contributed by atoms with E-state index in [0.717, 1.165) is 4.88 Å². The summed E-state index contributed by atoms with van der Waals surface area (Å²) in [7, 11) is 0. The van der Waals surface area contributed by atoms with Gasteiger partial charge in [0.05, 0.1) is 22.4 Å². The first-order valence-corrected chi connectivity index (χ1v) is 13.8. The van der Waals surface area contributed by atoms with Gasteiger partial charge in [0.2, 0.25) is 0 Å². The van der Waals surface area contributed by atoms with Crippen LogP contribution in [0.2, 0.25) is 5.02 Å². The third kappa shape index (κ3) is 5.09. The van der Waals surface area contributed by atoms with E-state index in [1.165, 1.54) is 33.3 Å². The van der Waals surface area contributed by atoms with Gasteiger partial charge >= 0.3 is 5.97 Å². The number of carbonyl (C=O) groups is 1. The maximum absolute atomic E-state index is 14.1. The number of hydrogen-bond acceptors (Lipinski definition) is 7. The van der Waals surface area contributed by atoms with Crippen molar-refractivity contribution in [3.63, 3.8) is 0 Å². The number of allylic oxidation sites excluding steroid dienone is 1. The molecule has 38 heavy (non-hydrogen) atoms. The lowest BCUT2D eigenvalue weighted by molar-refractivity contribution is -0.139. The first kappa shape index (κ1) is 26.1. The zero-order valence-corrected chi connectivity index (χ0v) is 22.8. The highest BCUT2D eigenvalue weighted by atomic mass is 35.5. The summed E-state index contributed by atoms with van der Waals surface area (Å²) in [5.74, 6) is -0.417. The molecule has 0 spiro atoms. The summed E-state index contributed by atoms with van der Waals surface area (Å²) in [5.41, 5.74) is 1.51. The van der Waals surface area contributed by atoms with Crippen LogP contribution in [-0.4, -0.2) is 17.1 Å². The SMILES string of the molecule is CCOC(=O)C1=C(C)N=c2s/c(=C\c3cc(Cl)ccc3OCc3ccccc3F)c(=O)n2[C@@H]1c1cccs1. The Morgan fingerprint density at radius 2 is 2.03 bits per heavy atom. The number of halogens is 2. The number of benzene rings is 2. The minimum atomic E-state index is -0.649. The zero-order valence-electron chi connectivity index (χ0n) is 20.4. The average molecular weight is 569 g/mol. The van der Waals surface area contributed by atoms with E-state index in [4.69, 9.17) is 21.1 Å². The van der Waals surface area contributed by atoms with Gasteiger partial charge in [-0.05, 0) is 55.6 Å².